The number of amides is 11. The fraction of sp³-hybridized carbons (Fsp3) is 0.681. The van der Waals surface area contributed by atoms with E-state index in [2.05, 4.69) is 26.6 Å². The molecular formula is C72H115N11O14S. The maximum absolute atomic E-state index is 14.9. The number of ether oxygens (including phenoxy) is 2. The second-order valence-electron chi connectivity index (χ2n) is 27.6. The minimum absolute atomic E-state index is 0.0384. The van der Waals surface area contributed by atoms with Crippen molar-refractivity contribution in [2.45, 2.75) is 212 Å². The molecule has 2 aliphatic heterocycles. The number of imide groups is 1. The number of nitrogens with zero attached hydrogens (tertiary/aromatic N) is 5. The number of likely N-dealkylation sites (N-methyl/N-ethyl adjacent to an activating group) is 3. The molecule has 8 N–H and O–H groups in total. The van der Waals surface area contributed by atoms with Gasteiger partial charge in [0.25, 0.3) is 0 Å². The zero-order chi connectivity index (χ0) is 73.2. The SMILES string of the molecule is CC[C@H](C)[C@@H]([C@@H](CC(=O)N1CCC[C@H]1[C@H](OC)[C@@H](C)C(=O)N[C@@H](Cc1ccccc1)C(=O)O)OC)N(C)C(=O)[C@@H](NC(=O)[C@H](C(C)C)N(C)CCc1ccc(N(C)C(=O)[C@H](CCCNC(N)=O)NC(=O)[C@@H](NC(=O)CCCCCN2C(=O)CC([C@H](C)SC)C2=O)C(C)C)cc1)C(C)C. The Kier molecular flexibility index (Phi) is 34.7. The van der Waals surface area contributed by atoms with Crippen LogP contribution in [-0.4, -0.2) is 217 Å². The zero-order valence-electron chi connectivity index (χ0n) is 60.9. The van der Waals surface area contributed by atoms with Crippen LogP contribution in [0.3, 0.4) is 0 Å². The first-order valence-corrected chi connectivity index (χ1v) is 36.2. The summed E-state index contributed by atoms with van der Waals surface area (Å²) in [7, 11) is 8.13. The summed E-state index contributed by atoms with van der Waals surface area (Å²) in [6.45, 7) is 20.1. The van der Waals surface area contributed by atoms with Crippen molar-refractivity contribution in [1.82, 2.24) is 46.2 Å². The van der Waals surface area contributed by atoms with E-state index in [0.717, 1.165) is 11.1 Å². The minimum Gasteiger partial charge on any atom is -0.480 e. The largest absolute Gasteiger partial charge is 0.480 e. The lowest BCUT2D eigenvalue weighted by Crippen LogP contribution is -2.60. The molecular weight excluding hydrogens is 1270 g/mol. The van der Waals surface area contributed by atoms with Crippen molar-refractivity contribution in [2.75, 3.05) is 72.7 Å². The number of carboxylic acid groups (broad SMARTS) is 1. The van der Waals surface area contributed by atoms with E-state index in [1.54, 1.807) is 92.8 Å². The first-order valence-electron chi connectivity index (χ1n) is 34.9. The number of rotatable bonds is 42. The molecule has 26 heteroatoms. The number of carbonyl (C=O) groups is 11. The molecule has 4 rings (SSSR count). The van der Waals surface area contributed by atoms with Crippen LogP contribution in [0, 0.1) is 35.5 Å². The summed E-state index contributed by atoms with van der Waals surface area (Å²) in [6, 6.07) is 9.76. The van der Waals surface area contributed by atoms with Gasteiger partial charge in [-0.05, 0) is 105 Å². The van der Waals surface area contributed by atoms with Gasteiger partial charge in [0.1, 0.15) is 24.2 Å². The Labute approximate surface area is 585 Å². The van der Waals surface area contributed by atoms with Crippen molar-refractivity contribution in [3.05, 3.63) is 65.7 Å². The number of likely N-dealkylation sites (tertiary alicyclic amines) is 2. The highest BCUT2D eigenvalue weighted by Crippen LogP contribution is 2.32. The number of nitrogens with one attached hydrogen (secondary N) is 5. The normalized spacial score (nSPS) is 18.2. The van der Waals surface area contributed by atoms with Crippen LogP contribution in [0.4, 0.5) is 10.5 Å². The number of carbonyl (C=O) groups excluding carboxylic acids is 10. The Morgan fingerprint density at radius 2 is 1.38 bits per heavy atom. The number of nitrogens with two attached hydrogens (primary N) is 1. The van der Waals surface area contributed by atoms with Crippen LogP contribution in [-0.2, 0) is 70.3 Å². The van der Waals surface area contributed by atoms with E-state index in [9.17, 15) is 57.8 Å². The molecule has 2 fully saturated rings. The molecule has 2 heterocycles. The Balaban J connectivity index is 1.39. The zero-order valence-corrected chi connectivity index (χ0v) is 61.7. The van der Waals surface area contributed by atoms with E-state index in [0.29, 0.717) is 76.7 Å². The van der Waals surface area contributed by atoms with Gasteiger partial charge in [0.15, 0.2) is 0 Å². The van der Waals surface area contributed by atoms with Crippen molar-refractivity contribution in [2.24, 2.45) is 41.2 Å². The van der Waals surface area contributed by atoms with E-state index in [-0.39, 0.29) is 109 Å². The van der Waals surface area contributed by atoms with Crippen molar-refractivity contribution in [1.29, 1.82) is 0 Å². The molecule has 2 saturated heterocycles. The average molecular weight is 1390 g/mol. The molecule has 98 heavy (non-hydrogen) atoms. The second kappa shape index (κ2) is 40.8. The van der Waals surface area contributed by atoms with E-state index < -0.39 is 90.1 Å². The molecule has 0 bridgehead atoms. The van der Waals surface area contributed by atoms with Gasteiger partial charge in [-0.25, -0.2) is 9.59 Å². The van der Waals surface area contributed by atoms with Gasteiger partial charge < -0.3 is 61.6 Å². The van der Waals surface area contributed by atoms with Crippen LogP contribution in [0.5, 0.6) is 0 Å². The molecule has 0 aromatic heterocycles. The van der Waals surface area contributed by atoms with Crippen LogP contribution < -0.4 is 37.2 Å². The summed E-state index contributed by atoms with van der Waals surface area (Å²) in [4.78, 5) is 157. The standard InChI is InChI=1S/C72H115N11O14S/c1-17-46(8)63(56(96-14)42-59(86)82-38-25-29-55(82)64(97-15)47(9)65(87)76-54(71(93)94)40-50-26-20-18-21-27-50)81(13)70(92)61(44(4)5)78-67(89)62(45(6)7)79(11)39-35-49-31-33-51(34-32-49)80(12)69(91)53(28-24-36-74-72(73)95)75-66(88)60(43(2)3)77-57(84)30-22-19-23-37-83-58(85)41-52(68(83)90)48(10)98-16/h18,20-21,26-27,31-34,43-48,52-56,60-64H,17,19,22-25,28-30,35-42H2,1-16H3,(H,75,88)(H,76,87)(H,77,84)(H,78,89)(H,93,94)(H3,73,74,95)/t46-,47+,48-,52?,53-,54-,55-,56+,60-,61-,62-,63-,64+/m0/s1. The minimum atomic E-state index is -1.18. The summed E-state index contributed by atoms with van der Waals surface area (Å²) in [5.74, 6) is -6.41. The predicted octanol–water partition coefficient (Wildman–Crippen LogP) is 5.78. The van der Waals surface area contributed by atoms with Gasteiger partial charge in [-0.2, -0.15) is 11.8 Å². The second-order valence-corrected chi connectivity index (χ2v) is 28.8. The Bertz CT molecular complexity index is 2960. The third kappa shape index (κ3) is 24.0. The number of methoxy groups -OCH3 is 2. The fourth-order valence-corrected chi connectivity index (χ4v) is 13.9. The number of anilines is 1. The van der Waals surface area contributed by atoms with E-state index >= 15 is 0 Å². The van der Waals surface area contributed by atoms with Crippen molar-refractivity contribution < 1.29 is 67.3 Å². The Morgan fingerprint density at radius 1 is 0.735 bits per heavy atom. The van der Waals surface area contributed by atoms with Gasteiger partial charge >= 0.3 is 12.0 Å². The van der Waals surface area contributed by atoms with Crippen molar-refractivity contribution >= 4 is 82.6 Å². The highest BCUT2D eigenvalue weighted by Gasteiger charge is 2.45. The van der Waals surface area contributed by atoms with E-state index in [4.69, 9.17) is 15.2 Å². The van der Waals surface area contributed by atoms with Crippen molar-refractivity contribution in [3.63, 3.8) is 0 Å². The predicted molar refractivity (Wildman–Crippen MR) is 379 cm³/mol. The Hall–Kier alpha value is -7.16. The number of hydrogen-bond acceptors (Lipinski definition) is 15. The summed E-state index contributed by atoms with van der Waals surface area (Å²) in [5.41, 5.74) is 7.51. The number of primary amides is 1. The average Bonchev–Trinajstić information content (AvgIpc) is 1.52. The summed E-state index contributed by atoms with van der Waals surface area (Å²) in [6.07, 6.45) is 5.13. The number of unbranched alkanes of at least 4 members (excludes halogenated alkanes) is 2. The van der Waals surface area contributed by atoms with Crippen molar-refractivity contribution in [3.8, 4) is 0 Å². The molecule has 25 nitrogen and oxygen atoms in total. The van der Waals surface area contributed by atoms with Gasteiger partial charge in [0.05, 0.1) is 48.6 Å². The smallest absolute Gasteiger partial charge is 0.326 e. The number of urea groups is 1. The number of carboxylic acids is 1. The first-order chi connectivity index (χ1) is 46.3. The molecule has 0 spiro atoms. The molecule has 548 valence electrons. The maximum Gasteiger partial charge on any atom is 0.326 e. The quantitative estimate of drug-likeness (QED) is 0.0306. The summed E-state index contributed by atoms with van der Waals surface area (Å²) in [5, 5.41) is 24.1. The monoisotopic (exact) mass is 1390 g/mol. The van der Waals surface area contributed by atoms with Gasteiger partial charge in [-0.1, -0.05) is 125 Å². The lowest BCUT2D eigenvalue weighted by atomic mass is 9.89. The molecule has 11 amide bonds. The first kappa shape index (κ1) is 83.3. The van der Waals surface area contributed by atoms with Crippen LogP contribution in [0.1, 0.15) is 151 Å². The third-order valence-electron chi connectivity index (χ3n) is 19.5. The summed E-state index contributed by atoms with van der Waals surface area (Å²) >= 11 is 1.55. The van der Waals surface area contributed by atoms with E-state index in [1.807, 2.05) is 84.9 Å². The molecule has 2 aromatic carbocycles. The van der Waals surface area contributed by atoms with Crippen LogP contribution in [0.2, 0.25) is 0 Å². The van der Waals surface area contributed by atoms with Gasteiger partial charge in [-0.3, -0.25) is 53.0 Å². The number of benzene rings is 2. The highest BCUT2D eigenvalue weighted by atomic mass is 32.2. The third-order valence-corrected chi connectivity index (χ3v) is 20.6. The van der Waals surface area contributed by atoms with Crippen LogP contribution >= 0.6 is 11.8 Å². The van der Waals surface area contributed by atoms with Crippen LogP contribution in [0.15, 0.2) is 54.6 Å². The highest BCUT2D eigenvalue weighted by molar-refractivity contribution is 7.99. The molecule has 2 aromatic rings. The topological polar surface area (TPSA) is 329 Å². The maximum atomic E-state index is 14.9. The van der Waals surface area contributed by atoms with Gasteiger partial charge in [0, 0.05) is 84.7 Å². The van der Waals surface area contributed by atoms with Gasteiger partial charge in [-0.15, -0.1) is 0 Å². The molecule has 1 unspecified atom stereocenters. The fourth-order valence-electron chi connectivity index (χ4n) is 13.4. The van der Waals surface area contributed by atoms with Crippen LogP contribution in [0.25, 0.3) is 0 Å². The molecule has 0 saturated carbocycles. The van der Waals surface area contributed by atoms with E-state index in [1.165, 1.54) is 24.0 Å². The molecule has 2 aliphatic rings. The number of aliphatic carboxylic acids is 1. The molecule has 13 atom stereocenters. The number of thioether (sulfide) groups is 1. The lowest BCUT2D eigenvalue weighted by molar-refractivity contribution is -0.148. The summed E-state index contributed by atoms with van der Waals surface area (Å²) < 4.78 is 12.1. The molecule has 0 aliphatic carbocycles. The Morgan fingerprint density at radius 3 is 1.95 bits per heavy atom. The lowest BCUT2D eigenvalue weighted by Gasteiger charge is -2.41. The molecule has 0 radical (unpaired) electrons. The van der Waals surface area contributed by atoms with Gasteiger partial charge in [0.2, 0.25) is 53.2 Å². The number of hydrogen-bond donors (Lipinski definition) is 7.